The molecule has 1 aliphatic rings. The van der Waals surface area contributed by atoms with E-state index in [1.54, 1.807) is 12.3 Å². The van der Waals surface area contributed by atoms with E-state index in [2.05, 4.69) is 10.6 Å². The molecule has 0 saturated heterocycles. The first-order chi connectivity index (χ1) is 26.3. The number of aliphatic carboxylic acids is 2. The Balaban J connectivity index is 1.66. The number of rotatable bonds is 18. The maximum Gasteiger partial charge on any atom is 0.326 e. The molecule has 0 radical (unpaired) electrons. The SMILES string of the molecule is C[C@H](NC(=O)CN1C(=O)C=CC1=O)C(=O)N([C@@H](CCN[C@@H](c1cc(-c2cc(F)ccc2F)cn1Cc1ccccc1)C(C)(C)C)C(=O)O)[C@@H](CC(N)=O)C(=O)O. The van der Waals surface area contributed by atoms with Crippen LogP contribution in [0.5, 0.6) is 0 Å². The minimum absolute atomic E-state index is 0.0245. The Morgan fingerprint density at radius 2 is 1.54 bits per heavy atom. The fraction of sp³-hybridized carbons (Fsp3) is 0.359. The highest BCUT2D eigenvalue weighted by atomic mass is 19.1. The summed E-state index contributed by atoms with van der Waals surface area (Å²) in [7, 11) is 0. The fourth-order valence-corrected chi connectivity index (χ4v) is 6.48. The van der Waals surface area contributed by atoms with Gasteiger partial charge in [-0.15, -0.1) is 0 Å². The van der Waals surface area contributed by atoms with Crippen LogP contribution in [0.4, 0.5) is 8.78 Å². The first-order valence-corrected chi connectivity index (χ1v) is 17.6. The van der Waals surface area contributed by atoms with E-state index in [0.717, 1.165) is 42.8 Å². The molecule has 2 heterocycles. The summed E-state index contributed by atoms with van der Waals surface area (Å²) in [5, 5.41) is 26.1. The van der Waals surface area contributed by atoms with E-state index >= 15 is 4.39 Å². The number of nitrogens with two attached hydrogens (primary N) is 1. The highest BCUT2D eigenvalue weighted by Gasteiger charge is 2.42. The van der Waals surface area contributed by atoms with Crippen LogP contribution in [-0.2, 0) is 40.1 Å². The van der Waals surface area contributed by atoms with Gasteiger partial charge in [-0.05, 0) is 55.1 Å². The molecule has 5 amide bonds. The second-order valence-corrected chi connectivity index (χ2v) is 14.4. The highest BCUT2D eigenvalue weighted by molar-refractivity contribution is 6.14. The molecular formula is C39H44F2N6O9. The summed E-state index contributed by atoms with van der Waals surface area (Å²) in [6, 6.07) is 8.05. The third-order valence-electron chi connectivity index (χ3n) is 9.13. The van der Waals surface area contributed by atoms with Crippen molar-refractivity contribution in [3.63, 3.8) is 0 Å². The van der Waals surface area contributed by atoms with E-state index in [1.807, 2.05) is 55.7 Å². The standard InChI is InChI=1S/C39H44F2N6O9/c1-22(44-32(49)21-46-33(50)12-13-34(46)51)36(52)47(30(38(55)56)18-31(42)48)28(37(53)54)14-15-43-35(39(2,3)4)29-16-24(26-17-25(40)10-11-27(26)41)20-45(29)19-23-8-6-5-7-9-23/h5-13,16-17,20,22,28,30,35,43H,14-15,18-19,21H2,1-4H3,(H2,42,48)(H,44,49)(H,53,54)(H,55,56)/t22-,28-,30-,35-/m0/s1. The van der Waals surface area contributed by atoms with Crippen molar-refractivity contribution in [1.82, 2.24) is 25.0 Å². The molecule has 6 N–H and O–H groups in total. The van der Waals surface area contributed by atoms with Gasteiger partial charge in [0.2, 0.25) is 17.7 Å². The lowest BCUT2D eigenvalue weighted by molar-refractivity contribution is -0.161. The third-order valence-corrected chi connectivity index (χ3v) is 9.13. The lowest BCUT2D eigenvalue weighted by Crippen LogP contribution is -2.60. The molecule has 4 atom stereocenters. The molecule has 0 bridgehead atoms. The normalized spacial score (nSPS) is 14.9. The quantitative estimate of drug-likeness (QED) is 0.119. The van der Waals surface area contributed by atoms with Gasteiger partial charge in [-0.2, -0.15) is 0 Å². The number of aromatic nitrogens is 1. The van der Waals surface area contributed by atoms with Crippen molar-refractivity contribution in [3.05, 3.63) is 95.8 Å². The molecule has 2 aromatic carbocycles. The summed E-state index contributed by atoms with van der Waals surface area (Å²) >= 11 is 0. The molecule has 4 rings (SSSR count). The number of halogens is 2. The number of benzene rings is 2. The van der Waals surface area contributed by atoms with E-state index < -0.39 is 102 Å². The Kier molecular flexibility index (Phi) is 13.6. The largest absolute Gasteiger partial charge is 0.480 e. The van der Waals surface area contributed by atoms with E-state index in [1.165, 1.54) is 0 Å². The average molecular weight is 779 g/mol. The van der Waals surface area contributed by atoms with Gasteiger partial charge in [0.1, 0.15) is 36.3 Å². The minimum atomic E-state index is -2.06. The summed E-state index contributed by atoms with van der Waals surface area (Å²) in [5.41, 5.74) is 6.63. The van der Waals surface area contributed by atoms with Crippen molar-refractivity contribution in [2.75, 3.05) is 13.1 Å². The van der Waals surface area contributed by atoms with Gasteiger partial charge in [-0.3, -0.25) is 28.9 Å². The zero-order valence-corrected chi connectivity index (χ0v) is 31.2. The Labute approximate surface area is 321 Å². The number of hydrogen-bond acceptors (Lipinski definition) is 8. The van der Waals surface area contributed by atoms with Crippen LogP contribution in [0, 0.1) is 17.0 Å². The number of imide groups is 1. The minimum Gasteiger partial charge on any atom is -0.480 e. The van der Waals surface area contributed by atoms with Gasteiger partial charge in [0.15, 0.2) is 0 Å². The number of carboxylic acids is 2. The molecule has 0 unspecified atom stereocenters. The van der Waals surface area contributed by atoms with Gasteiger partial charge in [0, 0.05) is 41.7 Å². The zero-order valence-electron chi connectivity index (χ0n) is 31.2. The smallest absolute Gasteiger partial charge is 0.326 e. The van der Waals surface area contributed by atoms with Crippen molar-refractivity contribution in [2.24, 2.45) is 11.1 Å². The highest BCUT2D eigenvalue weighted by Crippen LogP contribution is 2.37. The van der Waals surface area contributed by atoms with Gasteiger partial charge >= 0.3 is 11.9 Å². The predicted molar refractivity (Wildman–Crippen MR) is 197 cm³/mol. The van der Waals surface area contributed by atoms with Crippen molar-refractivity contribution in [2.45, 2.75) is 71.2 Å². The zero-order chi connectivity index (χ0) is 41.5. The molecule has 15 nitrogen and oxygen atoms in total. The van der Waals surface area contributed by atoms with Crippen LogP contribution in [0.2, 0.25) is 0 Å². The summed E-state index contributed by atoms with van der Waals surface area (Å²) < 4.78 is 31.2. The Morgan fingerprint density at radius 3 is 2.11 bits per heavy atom. The van der Waals surface area contributed by atoms with Crippen LogP contribution in [-0.4, -0.2) is 97.3 Å². The van der Waals surface area contributed by atoms with Gasteiger partial charge < -0.3 is 36.0 Å². The molecular weight excluding hydrogens is 734 g/mol. The lowest BCUT2D eigenvalue weighted by atomic mass is 9.84. The Bertz CT molecular complexity index is 2010. The van der Waals surface area contributed by atoms with Crippen LogP contribution < -0.4 is 16.4 Å². The monoisotopic (exact) mass is 778 g/mol. The Morgan fingerprint density at radius 1 is 0.911 bits per heavy atom. The summed E-state index contributed by atoms with van der Waals surface area (Å²) in [4.78, 5) is 88.9. The van der Waals surface area contributed by atoms with Gasteiger partial charge in [-0.25, -0.2) is 18.4 Å². The molecule has 0 saturated carbocycles. The van der Waals surface area contributed by atoms with E-state index in [9.17, 15) is 48.2 Å². The number of nitrogens with one attached hydrogen (secondary N) is 2. The summed E-state index contributed by atoms with van der Waals surface area (Å²) in [6.45, 7) is 6.24. The van der Waals surface area contributed by atoms with Crippen molar-refractivity contribution >= 4 is 41.5 Å². The first kappa shape index (κ1) is 42.5. The van der Waals surface area contributed by atoms with E-state index in [4.69, 9.17) is 5.73 Å². The third kappa shape index (κ3) is 10.5. The van der Waals surface area contributed by atoms with Crippen LogP contribution in [0.15, 0.2) is 72.9 Å². The van der Waals surface area contributed by atoms with E-state index in [-0.39, 0.29) is 12.1 Å². The molecule has 3 aromatic rings. The van der Waals surface area contributed by atoms with Crippen LogP contribution in [0.1, 0.15) is 57.8 Å². The number of nitrogens with zero attached hydrogens (tertiary/aromatic N) is 3. The number of primary amides is 1. The summed E-state index contributed by atoms with van der Waals surface area (Å²) in [6.07, 6.45) is 2.21. The molecule has 0 fully saturated rings. The van der Waals surface area contributed by atoms with Crippen LogP contribution in [0.25, 0.3) is 11.1 Å². The maximum atomic E-state index is 15.0. The molecule has 0 spiro atoms. The Hall–Kier alpha value is -6.23. The maximum absolute atomic E-state index is 15.0. The van der Waals surface area contributed by atoms with Crippen molar-refractivity contribution in [3.8, 4) is 11.1 Å². The topological polar surface area (TPSA) is 221 Å². The van der Waals surface area contributed by atoms with Gasteiger partial charge in [0.05, 0.1) is 12.5 Å². The molecule has 298 valence electrons. The number of hydrogen-bond donors (Lipinski definition) is 5. The number of carbonyl (C=O) groups excluding carboxylic acids is 5. The predicted octanol–water partition coefficient (Wildman–Crippen LogP) is 2.59. The summed E-state index contributed by atoms with van der Waals surface area (Å²) in [5.74, 6) is -9.50. The second-order valence-electron chi connectivity index (χ2n) is 14.4. The van der Waals surface area contributed by atoms with Crippen molar-refractivity contribution < 1.29 is 52.6 Å². The van der Waals surface area contributed by atoms with Crippen LogP contribution in [0.3, 0.4) is 0 Å². The average Bonchev–Trinajstić information content (AvgIpc) is 3.66. The number of amides is 5. The lowest BCUT2D eigenvalue weighted by Gasteiger charge is -2.37. The van der Waals surface area contributed by atoms with Gasteiger partial charge in [0.25, 0.3) is 11.8 Å². The second kappa shape index (κ2) is 17.9. The van der Waals surface area contributed by atoms with Crippen LogP contribution >= 0.6 is 0 Å². The number of carboxylic acid groups (broad SMARTS) is 2. The molecule has 56 heavy (non-hydrogen) atoms. The van der Waals surface area contributed by atoms with Gasteiger partial charge in [-0.1, -0.05) is 51.1 Å². The van der Waals surface area contributed by atoms with E-state index in [0.29, 0.717) is 27.6 Å². The van der Waals surface area contributed by atoms with Crippen molar-refractivity contribution in [1.29, 1.82) is 0 Å². The molecule has 17 heteroatoms. The fourth-order valence-electron chi connectivity index (χ4n) is 6.48. The molecule has 1 aliphatic heterocycles. The molecule has 0 aliphatic carbocycles. The first-order valence-electron chi connectivity index (χ1n) is 17.6. The molecule has 1 aromatic heterocycles. The number of carbonyl (C=O) groups is 7.